The van der Waals surface area contributed by atoms with E-state index < -0.39 is 26.4 Å². The number of rotatable bonds is 7. The molecule has 0 aliphatic carbocycles. The van der Waals surface area contributed by atoms with Crippen molar-refractivity contribution in [2.75, 3.05) is 24.0 Å². The number of sulfone groups is 1. The summed E-state index contributed by atoms with van der Waals surface area (Å²) in [7, 11) is -2.23. The fourth-order valence-electron chi connectivity index (χ4n) is 2.82. The number of hydrogen-bond donors (Lipinski definition) is 2. The summed E-state index contributed by atoms with van der Waals surface area (Å²) >= 11 is 0. The van der Waals surface area contributed by atoms with E-state index in [0.29, 0.717) is 22.7 Å². The predicted molar refractivity (Wildman–Crippen MR) is 122 cm³/mol. The minimum Gasteiger partial charge on any atom is -0.497 e. The number of anilines is 2. The molecule has 3 aromatic rings. The Balaban J connectivity index is 1.74. The number of carbonyl (C=O) groups is 2. The van der Waals surface area contributed by atoms with Crippen LogP contribution in [-0.2, 0) is 9.84 Å². The fraction of sp³-hybridized carbons (Fsp3) is 0.0909. The van der Waals surface area contributed by atoms with E-state index in [4.69, 9.17) is 4.74 Å². The molecule has 0 fully saturated rings. The Morgan fingerprint density at radius 3 is 1.85 bits per heavy atom. The summed E-state index contributed by atoms with van der Waals surface area (Å²) < 4.78 is 28.7. The van der Waals surface area contributed by atoms with Gasteiger partial charge in [0.15, 0.2) is 9.84 Å². The maximum absolute atomic E-state index is 12.6. The molecule has 0 atom stereocenters. The molecule has 0 aliphatic heterocycles. The lowest BCUT2D eigenvalue weighted by Gasteiger charge is -2.09. The minimum absolute atomic E-state index is 0.189. The highest BCUT2D eigenvalue weighted by atomic mass is 32.2. The van der Waals surface area contributed by atoms with E-state index in [0.717, 1.165) is 24.5 Å². The van der Waals surface area contributed by atoms with Gasteiger partial charge >= 0.3 is 0 Å². The second-order valence-electron chi connectivity index (χ2n) is 6.96. The Hall–Kier alpha value is -4.25. The van der Waals surface area contributed by atoms with Crippen LogP contribution in [-0.4, -0.2) is 38.5 Å². The lowest BCUT2D eigenvalue weighted by molar-refractivity contribution is -0.385. The van der Waals surface area contributed by atoms with Crippen molar-refractivity contribution in [1.29, 1.82) is 0 Å². The number of ether oxygens (including phenoxy) is 1. The molecule has 2 amide bonds. The van der Waals surface area contributed by atoms with E-state index in [-0.39, 0.29) is 16.4 Å². The van der Waals surface area contributed by atoms with Crippen molar-refractivity contribution in [3.8, 4) is 5.75 Å². The molecule has 33 heavy (non-hydrogen) atoms. The summed E-state index contributed by atoms with van der Waals surface area (Å²) in [5.41, 5.74) is 0.511. The van der Waals surface area contributed by atoms with E-state index in [1.807, 2.05) is 0 Å². The molecule has 0 aliphatic rings. The number of nitro groups is 1. The van der Waals surface area contributed by atoms with Crippen LogP contribution in [0.25, 0.3) is 0 Å². The molecule has 0 unspecified atom stereocenters. The number of amides is 2. The Labute approximate surface area is 189 Å². The summed E-state index contributed by atoms with van der Waals surface area (Å²) in [6.07, 6.45) is 0.892. The highest BCUT2D eigenvalue weighted by Gasteiger charge is 2.19. The molecule has 170 valence electrons. The first-order valence-corrected chi connectivity index (χ1v) is 11.3. The number of nitrogens with zero attached hydrogens (tertiary/aromatic N) is 1. The Morgan fingerprint density at radius 2 is 1.36 bits per heavy atom. The van der Waals surface area contributed by atoms with Crippen molar-refractivity contribution in [2.45, 2.75) is 4.90 Å². The minimum atomic E-state index is -3.77. The molecule has 10 nitrogen and oxygen atoms in total. The van der Waals surface area contributed by atoms with E-state index in [1.54, 1.807) is 24.3 Å². The van der Waals surface area contributed by atoms with Gasteiger partial charge in [0.2, 0.25) is 0 Å². The van der Waals surface area contributed by atoms with Gasteiger partial charge in [-0.3, -0.25) is 19.7 Å². The molecular formula is C22H19N3O7S. The zero-order valence-electron chi connectivity index (χ0n) is 17.6. The van der Waals surface area contributed by atoms with Gasteiger partial charge in [-0.05, 0) is 54.6 Å². The summed E-state index contributed by atoms with van der Waals surface area (Å²) in [6.45, 7) is 0. The van der Waals surface area contributed by atoms with Crippen LogP contribution >= 0.6 is 0 Å². The fourth-order valence-corrected chi connectivity index (χ4v) is 3.50. The number of carbonyl (C=O) groups excluding carboxylic acids is 2. The van der Waals surface area contributed by atoms with Crippen molar-refractivity contribution in [3.05, 3.63) is 88.0 Å². The van der Waals surface area contributed by atoms with Crippen LogP contribution in [0, 0.1) is 10.1 Å². The van der Waals surface area contributed by atoms with Crippen molar-refractivity contribution in [2.24, 2.45) is 0 Å². The van der Waals surface area contributed by atoms with Gasteiger partial charge in [-0.2, -0.15) is 0 Å². The van der Waals surface area contributed by atoms with Crippen molar-refractivity contribution in [1.82, 2.24) is 0 Å². The van der Waals surface area contributed by atoms with Gasteiger partial charge in [-0.15, -0.1) is 0 Å². The molecule has 11 heteroatoms. The van der Waals surface area contributed by atoms with Gasteiger partial charge in [0, 0.05) is 40.9 Å². The second-order valence-corrected chi connectivity index (χ2v) is 8.97. The van der Waals surface area contributed by atoms with Crippen LogP contribution in [0.15, 0.2) is 71.6 Å². The van der Waals surface area contributed by atoms with Crippen molar-refractivity contribution < 1.29 is 27.7 Å². The Kier molecular flexibility index (Phi) is 6.73. The number of non-ortho nitro benzene ring substituents is 1. The largest absolute Gasteiger partial charge is 0.497 e. The number of methoxy groups -OCH3 is 1. The first-order valence-electron chi connectivity index (χ1n) is 9.43. The molecule has 0 radical (unpaired) electrons. The zero-order valence-corrected chi connectivity index (χ0v) is 18.4. The lowest BCUT2D eigenvalue weighted by atomic mass is 10.1. The molecule has 3 rings (SSSR count). The van der Waals surface area contributed by atoms with E-state index in [1.165, 1.54) is 31.4 Å². The molecule has 0 saturated carbocycles. The van der Waals surface area contributed by atoms with Crippen molar-refractivity contribution >= 4 is 38.7 Å². The third-order valence-corrected chi connectivity index (χ3v) is 5.64. The standard InChI is InChI=1S/C22H19N3O7S/c1-32-19-9-7-17(8-10-19)23-21(26)14-3-5-16(6-4-14)24-22(27)15-11-18(25(28)29)13-20(12-15)33(2,30)31/h3-13H,1-2H3,(H,23,26)(H,24,27). The topological polar surface area (TPSA) is 145 Å². The van der Waals surface area contributed by atoms with Crippen LogP contribution < -0.4 is 15.4 Å². The number of nitrogens with one attached hydrogen (secondary N) is 2. The third-order valence-electron chi connectivity index (χ3n) is 4.55. The summed E-state index contributed by atoms with van der Waals surface area (Å²) in [5.74, 6) is -0.450. The summed E-state index contributed by atoms with van der Waals surface area (Å²) in [5, 5.41) is 16.4. The van der Waals surface area contributed by atoms with Gasteiger partial charge < -0.3 is 15.4 Å². The molecule has 0 bridgehead atoms. The average molecular weight is 469 g/mol. The molecule has 2 N–H and O–H groups in total. The number of nitro benzene ring substituents is 1. The summed E-state index contributed by atoms with van der Waals surface area (Å²) in [4.78, 5) is 35.0. The van der Waals surface area contributed by atoms with Crippen LogP contribution in [0.5, 0.6) is 5.75 Å². The SMILES string of the molecule is COc1ccc(NC(=O)c2ccc(NC(=O)c3cc([N+](=O)[O-])cc(S(C)(=O)=O)c3)cc2)cc1. The highest BCUT2D eigenvalue weighted by Crippen LogP contribution is 2.22. The summed E-state index contributed by atoms with van der Waals surface area (Å²) in [6, 6.07) is 15.7. The maximum Gasteiger partial charge on any atom is 0.271 e. The first kappa shape index (κ1) is 23.4. The van der Waals surface area contributed by atoms with Gasteiger partial charge in [0.1, 0.15) is 5.75 Å². The predicted octanol–water partition coefficient (Wildman–Crippen LogP) is 3.51. The Morgan fingerprint density at radius 1 is 0.848 bits per heavy atom. The smallest absolute Gasteiger partial charge is 0.271 e. The van der Waals surface area contributed by atoms with Crippen LogP contribution in [0.3, 0.4) is 0 Å². The normalized spacial score (nSPS) is 10.8. The molecule has 0 heterocycles. The third kappa shape index (κ3) is 5.92. The molecule has 0 saturated heterocycles. The second kappa shape index (κ2) is 9.49. The first-order chi connectivity index (χ1) is 15.6. The van der Waals surface area contributed by atoms with E-state index >= 15 is 0 Å². The van der Waals surface area contributed by atoms with Crippen LogP contribution in [0.4, 0.5) is 17.1 Å². The van der Waals surface area contributed by atoms with E-state index in [2.05, 4.69) is 10.6 Å². The highest BCUT2D eigenvalue weighted by molar-refractivity contribution is 7.90. The average Bonchev–Trinajstić information content (AvgIpc) is 2.79. The van der Waals surface area contributed by atoms with Gasteiger partial charge in [-0.25, -0.2) is 8.42 Å². The zero-order chi connectivity index (χ0) is 24.2. The van der Waals surface area contributed by atoms with Gasteiger partial charge in [-0.1, -0.05) is 0 Å². The van der Waals surface area contributed by atoms with Crippen LogP contribution in [0.2, 0.25) is 0 Å². The van der Waals surface area contributed by atoms with Gasteiger partial charge in [0.25, 0.3) is 17.5 Å². The Bertz CT molecular complexity index is 1320. The molecular weight excluding hydrogens is 450 g/mol. The molecule has 0 aromatic heterocycles. The van der Waals surface area contributed by atoms with Gasteiger partial charge in [0.05, 0.1) is 16.9 Å². The van der Waals surface area contributed by atoms with E-state index in [9.17, 15) is 28.1 Å². The molecule has 3 aromatic carbocycles. The van der Waals surface area contributed by atoms with Crippen molar-refractivity contribution in [3.63, 3.8) is 0 Å². The quantitative estimate of drug-likeness (QED) is 0.398. The molecule has 0 spiro atoms. The maximum atomic E-state index is 12.6. The number of benzene rings is 3. The van der Waals surface area contributed by atoms with Crippen LogP contribution in [0.1, 0.15) is 20.7 Å². The number of hydrogen-bond acceptors (Lipinski definition) is 7. The lowest BCUT2D eigenvalue weighted by Crippen LogP contribution is -2.14. The monoisotopic (exact) mass is 469 g/mol.